The number of nitrogens with zero attached hydrogens (tertiary/aromatic N) is 1. The molecule has 4 aromatic carbocycles. The molecule has 0 saturated carbocycles. The van der Waals surface area contributed by atoms with E-state index in [0.29, 0.717) is 0 Å². The third-order valence-electron chi connectivity index (χ3n) is 5.85. The molecule has 0 aliphatic rings. The fraction of sp³-hybridized carbons (Fsp3) is 0.194. The molecular formula is C31H31NO2. The number of ether oxygens (including phenoxy) is 1. The van der Waals surface area contributed by atoms with Gasteiger partial charge in [0.25, 0.3) is 0 Å². The summed E-state index contributed by atoms with van der Waals surface area (Å²) < 4.78 is 5.45. The number of benzene rings is 4. The standard InChI is InChI=1S/C31H31NO2/c1-23-4-14-28(15-5-23)32(29-16-6-24(2)7-17-29)30-18-10-26(11-19-30)8-9-27-12-20-31(21-13-27)34-22-25(3)33/h4-7,10-21H,8-9,22H2,1-3H3. The quantitative estimate of drug-likeness (QED) is 0.264. The molecule has 0 radical (unpaired) electrons. The van der Waals surface area contributed by atoms with Crippen molar-refractivity contribution in [3.63, 3.8) is 0 Å². The molecule has 0 spiro atoms. The number of carbonyl (C=O) groups excluding carboxylic acids is 1. The molecular weight excluding hydrogens is 418 g/mol. The van der Waals surface area contributed by atoms with Gasteiger partial charge >= 0.3 is 0 Å². The monoisotopic (exact) mass is 449 g/mol. The minimum absolute atomic E-state index is 0.0239. The van der Waals surface area contributed by atoms with E-state index in [0.717, 1.165) is 35.7 Å². The number of aryl methyl sites for hydroxylation is 4. The molecule has 4 aromatic rings. The number of hydrogen-bond acceptors (Lipinski definition) is 3. The van der Waals surface area contributed by atoms with Gasteiger partial charge in [-0.25, -0.2) is 0 Å². The smallest absolute Gasteiger partial charge is 0.167 e. The number of ketones is 1. The summed E-state index contributed by atoms with van der Waals surface area (Å²) in [4.78, 5) is 13.4. The summed E-state index contributed by atoms with van der Waals surface area (Å²) in [5.41, 5.74) is 8.49. The van der Waals surface area contributed by atoms with E-state index in [1.807, 2.05) is 12.1 Å². The molecule has 0 saturated heterocycles. The van der Waals surface area contributed by atoms with E-state index < -0.39 is 0 Å². The van der Waals surface area contributed by atoms with E-state index >= 15 is 0 Å². The van der Waals surface area contributed by atoms with Crippen LogP contribution in [0, 0.1) is 13.8 Å². The summed E-state index contributed by atoms with van der Waals surface area (Å²) >= 11 is 0. The Labute approximate surface area is 202 Å². The first kappa shape index (κ1) is 23.3. The Kier molecular flexibility index (Phi) is 7.44. The van der Waals surface area contributed by atoms with Crippen LogP contribution in [0.2, 0.25) is 0 Å². The normalized spacial score (nSPS) is 10.7. The van der Waals surface area contributed by atoms with E-state index in [4.69, 9.17) is 4.74 Å². The van der Waals surface area contributed by atoms with Crippen LogP contribution in [0.25, 0.3) is 0 Å². The van der Waals surface area contributed by atoms with Gasteiger partial charge < -0.3 is 9.64 Å². The molecule has 0 N–H and O–H groups in total. The number of anilines is 3. The van der Waals surface area contributed by atoms with Gasteiger partial charge in [-0.15, -0.1) is 0 Å². The van der Waals surface area contributed by atoms with Crippen molar-refractivity contribution in [2.75, 3.05) is 11.5 Å². The van der Waals surface area contributed by atoms with Gasteiger partial charge in [-0.1, -0.05) is 59.7 Å². The molecule has 0 aliphatic heterocycles. The molecule has 4 rings (SSSR count). The molecule has 172 valence electrons. The van der Waals surface area contributed by atoms with E-state index in [9.17, 15) is 4.79 Å². The highest BCUT2D eigenvalue weighted by Gasteiger charge is 2.12. The maximum absolute atomic E-state index is 11.1. The Morgan fingerprint density at radius 3 is 1.41 bits per heavy atom. The first-order valence-corrected chi connectivity index (χ1v) is 11.7. The molecule has 0 bridgehead atoms. The highest BCUT2D eigenvalue weighted by atomic mass is 16.5. The Morgan fingerprint density at radius 1 is 0.618 bits per heavy atom. The molecule has 34 heavy (non-hydrogen) atoms. The molecule has 0 aliphatic carbocycles. The number of carbonyl (C=O) groups is 1. The van der Waals surface area contributed by atoms with Crippen LogP contribution in [0.3, 0.4) is 0 Å². The van der Waals surface area contributed by atoms with Crippen LogP contribution < -0.4 is 9.64 Å². The van der Waals surface area contributed by atoms with Gasteiger partial charge in [0.05, 0.1) is 0 Å². The highest BCUT2D eigenvalue weighted by Crippen LogP contribution is 2.34. The average Bonchev–Trinajstić information content (AvgIpc) is 2.85. The first-order valence-electron chi connectivity index (χ1n) is 11.7. The Bertz CT molecular complexity index is 1160. The second kappa shape index (κ2) is 10.8. The predicted octanol–water partition coefficient (Wildman–Crippen LogP) is 7.53. The molecule has 0 aromatic heterocycles. The van der Waals surface area contributed by atoms with Crippen LogP contribution in [0.1, 0.15) is 29.2 Å². The van der Waals surface area contributed by atoms with Crippen LogP contribution in [0.5, 0.6) is 5.75 Å². The molecule has 0 atom stereocenters. The van der Waals surface area contributed by atoms with E-state index in [1.54, 1.807) is 0 Å². The van der Waals surface area contributed by atoms with Crippen LogP contribution in [0.15, 0.2) is 97.1 Å². The SMILES string of the molecule is CC(=O)COc1ccc(CCc2ccc(N(c3ccc(C)cc3)c3ccc(C)cc3)cc2)cc1. The van der Waals surface area contributed by atoms with Crippen molar-refractivity contribution in [1.82, 2.24) is 0 Å². The predicted molar refractivity (Wildman–Crippen MR) is 141 cm³/mol. The number of hydrogen-bond donors (Lipinski definition) is 0. The van der Waals surface area contributed by atoms with Gasteiger partial charge in [0, 0.05) is 17.1 Å². The van der Waals surface area contributed by atoms with Crippen molar-refractivity contribution in [3.8, 4) is 5.75 Å². The van der Waals surface area contributed by atoms with Gasteiger partial charge in [-0.3, -0.25) is 4.79 Å². The fourth-order valence-corrected chi connectivity index (χ4v) is 3.87. The third-order valence-corrected chi connectivity index (χ3v) is 5.85. The lowest BCUT2D eigenvalue weighted by atomic mass is 10.0. The maximum Gasteiger partial charge on any atom is 0.167 e. The van der Waals surface area contributed by atoms with Crippen molar-refractivity contribution in [1.29, 1.82) is 0 Å². The minimum atomic E-state index is 0.0239. The van der Waals surface area contributed by atoms with E-state index in [2.05, 4.69) is 104 Å². The largest absolute Gasteiger partial charge is 0.486 e. The topological polar surface area (TPSA) is 29.5 Å². The Morgan fingerprint density at radius 2 is 1.00 bits per heavy atom. The molecule has 0 heterocycles. The van der Waals surface area contributed by atoms with E-state index in [1.165, 1.54) is 29.2 Å². The zero-order valence-electron chi connectivity index (χ0n) is 20.1. The molecule has 0 amide bonds. The second-order valence-electron chi connectivity index (χ2n) is 8.81. The van der Waals surface area contributed by atoms with Crippen molar-refractivity contribution in [3.05, 3.63) is 119 Å². The van der Waals surface area contributed by atoms with Crippen molar-refractivity contribution >= 4 is 22.8 Å². The summed E-state index contributed by atoms with van der Waals surface area (Å²) in [6, 6.07) is 34.2. The number of Topliss-reactive ketones (excluding diaryl/α,β-unsaturated/α-hetero) is 1. The average molecular weight is 450 g/mol. The van der Waals surface area contributed by atoms with Gasteiger partial charge in [0.15, 0.2) is 5.78 Å². The highest BCUT2D eigenvalue weighted by molar-refractivity contribution is 5.77. The summed E-state index contributed by atoms with van der Waals surface area (Å²) in [6.45, 7) is 5.87. The van der Waals surface area contributed by atoms with Gasteiger partial charge in [0.2, 0.25) is 0 Å². The maximum atomic E-state index is 11.1. The first-order chi connectivity index (χ1) is 16.5. The van der Waals surface area contributed by atoms with Crippen LogP contribution in [-0.4, -0.2) is 12.4 Å². The molecule has 3 heteroatoms. The lowest BCUT2D eigenvalue weighted by Gasteiger charge is -2.26. The Hall–Kier alpha value is -3.85. The fourth-order valence-electron chi connectivity index (χ4n) is 3.87. The van der Waals surface area contributed by atoms with Gasteiger partial charge in [-0.2, -0.15) is 0 Å². The molecule has 0 unspecified atom stereocenters. The van der Waals surface area contributed by atoms with Crippen molar-refractivity contribution < 1.29 is 9.53 Å². The zero-order chi connectivity index (χ0) is 23.9. The van der Waals surface area contributed by atoms with Crippen LogP contribution in [0.4, 0.5) is 17.1 Å². The Balaban J connectivity index is 1.47. The van der Waals surface area contributed by atoms with Crippen LogP contribution >= 0.6 is 0 Å². The van der Waals surface area contributed by atoms with Crippen LogP contribution in [-0.2, 0) is 17.6 Å². The summed E-state index contributed by atoms with van der Waals surface area (Å²) in [7, 11) is 0. The van der Waals surface area contributed by atoms with Gasteiger partial charge in [0.1, 0.15) is 12.4 Å². The zero-order valence-corrected chi connectivity index (χ0v) is 20.1. The lowest BCUT2D eigenvalue weighted by molar-refractivity contribution is -0.118. The second-order valence-corrected chi connectivity index (χ2v) is 8.81. The number of rotatable bonds is 9. The summed E-state index contributed by atoms with van der Waals surface area (Å²) in [5.74, 6) is 0.756. The van der Waals surface area contributed by atoms with E-state index in [-0.39, 0.29) is 12.4 Å². The third kappa shape index (κ3) is 6.14. The lowest BCUT2D eigenvalue weighted by Crippen LogP contribution is -2.10. The van der Waals surface area contributed by atoms with Crippen molar-refractivity contribution in [2.24, 2.45) is 0 Å². The minimum Gasteiger partial charge on any atom is -0.486 e. The van der Waals surface area contributed by atoms with Crippen molar-refractivity contribution in [2.45, 2.75) is 33.6 Å². The summed E-state index contributed by atoms with van der Waals surface area (Å²) in [6.07, 6.45) is 1.91. The molecule has 0 fully saturated rings. The molecule has 3 nitrogen and oxygen atoms in total. The van der Waals surface area contributed by atoms with Gasteiger partial charge in [-0.05, 0) is 93.3 Å². The summed E-state index contributed by atoms with van der Waals surface area (Å²) in [5, 5.41) is 0.